The third-order valence-corrected chi connectivity index (χ3v) is 6.21. The highest BCUT2D eigenvalue weighted by atomic mass is 16.5. The molecular formula is C24H31N5O3. The summed E-state index contributed by atoms with van der Waals surface area (Å²) in [7, 11) is 0. The number of aliphatic imine (C=N–C) groups is 1. The van der Waals surface area contributed by atoms with Gasteiger partial charge in [0.15, 0.2) is 0 Å². The van der Waals surface area contributed by atoms with Crippen LogP contribution < -0.4 is 9.64 Å². The molecule has 1 aromatic heterocycles. The quantitative estimate of drug-likeness (QED) is 0.656. The summed E-state index contributed by atoms with van der Waals surface area (Å²) >= 11 is 0. The fraction of sp³-hybridized carbons (Fsp3) is 0.542. The van der Waals surface area contributed by atoms with Crippen LogP contribution in [-0.2, 0) is 22.4 Å². The van der Waals surface area contributed by atoms with E-state index < -0.39 is 0 Å². The predicted molar refractivity (Wildman–Crippen MR) is 123 cm³/mol. The topological polar surface area (TPSA) is 72.3 Å². The molecule has 2 aliphatic heterocycles. The van der Waals surface area contributed by atoms with E-state index in [1.165, 1.54) is 16.8 Å². The van der Waals surface area contributed by atoms with Gasteiger partial charge in [0.1, 0.15) is 12.4 Å². The minimum absolute atomic E-state index is 0.435. The Balaban J connectivity index is 1.30. The highest BCUT2D eigenvalue weighted by Gasteiger charge is 2.18. The Hall–Kier alpha value is -2.55. The van der Waals surface area contributed by atoms with Gasteiger partial charge in [-0.2, -0.15) is 9.97 Å². The lowest BCUT2D eigenvalue weighted by Crippen LogP contribution is -2.39. The molecule has 8 heteroatoms. The molecule has 1 aromatic carbocycles. The zero-order valence-corrected chi connectivity index (χ0v) is 18.5. The standard InChI is InChI=1S/C24H31N5O3/c1-2-4-21-19(3-1)5-6-22(21)25-18-20-17-23(29-10-14-31-15-11-29)27-24(26-20)32-16-9-28-7-12-30-13-8-28/h1-4,17H,5-16,18H2. The van der Waals surface area contributed by atoms with E-state index in [4.69, 9.17) is 24.2 Å². The average molecular weight is 438 g/mol. The molecule has 0 radical (unpaired) electrons. The number of hydrogen-bond acceptors (Lipinski definition) is 8. The van der Waals surface area contributed by atoms with Crippen LogP contribution in [0.15, 0.2) is 35.3 Å². The summed E-state index contributed by atoms with van der Waals surface area (Å²) in [6.07, 6.45) is 2.05. The highest BCUT2D eigenvalue weighted by molar-refractivity contribution is 6.04. The van der Waals surface area contributed by atoms with Gasteiger partial charge in [0.25, 0.3) is 0 Å². The van der Waals surface area contributed by atoms with Crippen LogP contribution in [0.1, 0.15) is 23.2 Å². The number of anilines is 1. The van der Waals surface area contributed by atoms with Crippen molar-refractivity contribution in [2.75, 3.05) is 70.7 Å². The summed E-state index contributed by atoms with van der Waals surface area (Å²) in [6, 6.07) is 11.0. The Morgan fingerprint density at radius 3 is 2.56 bits per heavy atom. The van der Waals surface area contributed by atoms with Crippen LogP contribution in [0.4, 0.5) is 5.82 Å². The number of nitrogens with zero attached hydrogens (tertiary/aromatic N) is 5. The summed E-state index contributed by atoms with van der Waals surface area (Å²) in [5.41, 5.74) is 4.72. The third-order valence-electron chi connectivity index (χ3n) is 6.21. The maximum absolute atomic E-state index is 6.00. The van der Waals surface area contributed by atoms with Gasteiger partial charge in [-0.15, -0.1) is 0 Å². The van der Waals surface area contributed by atoms with E-state index >= 15 is 0 Å². The van der Waals surface area contributed by atoms with Gasteiger partial charge < -0.3 is 19.1 Å². The van der Waals surface area contributed by atoms with Gasteiger partial charge in [0.05, 0.1) is 38.7 Å². The van der Waals surface area contributed by atoms with Crippen molar-refractivity contribution in [1.82, 2.24) is 14.9 Å². The Bertz CT molecular complexity index is 939. The molecule has 0 atom stereocenters. The Kier molecular flexibility index (Phi) is 6.91. The van der Waals surface area contributed by atoms with Crippen molar-refractivity contribution in [3.8, 4) is 6.01 Å². The van der Waals surface area contributed by atoms with Crippen molar-refractivity contribution in [2.45, 2.75) is 19.4 Å². The molecule has 5 rings (SSSR count). The molecule has 1 aliphatic carbocycles. The first-order chi connectivity index (χ1) is 15.8. The molecule has 0 N–H and O–H groups in total. The van der Waals surface area contributed by atoms with E-state index in [0.717, 1.165) is 70.3 Å². The van der Waals surface area contributed by atoms with Crippen molar-refractivity contribution in [3.05, 3.63) is 47.2 Å². The summed E-state index contributed by atoms with van der Waals surface area (Å²) in [6.45, 7) is 8.49. The number of morpholine rings is 2. The first-order valence-electron chi connectivity index (χ1n) is 11.6. The van der Waals surface area contributed by atoms with Crippen molar-refractivity contribution >= 4 is 11.5 Å². The largest absolute Gasteiger partial charge is 0.462 e. The first-order valence-corrected chi connectivity index (χ1v) is 11.6. The normalized spacial score (nSPS) is 20.5. The molecule has 32 heavy (non-hydrogen) atoms. The Morgan fingerprint density at radius 2 is 1.72 bits per heavy atom. The number of rotatable bonds is 7. The van der Waals surface area contributed by atoms with Crippen LogP contribution in [0.3, 0.4) is 0 Å². The molecule has 2 aromatic rings. The minimum atomic E-state index is 0.435. The number of ether oxygens (including phenoxy) is 3. The maximum atomic E-state index is 6.00. The van der Waals surface area contributed by atoms with Crippen molar-refractivity contribution in [3.63, 3.8) is 0 Å². The van der Waals surface area contributed by atoms with Crippen LogP contribution in [0.2, 0.25) is 0 Å². The Morgan fingerprint density at radius 1 is 0.938 bits per heavy atom. The van der Waals surface area contributed by atoms with Gasteiger partial charge in [-0.1, -0.05) is 24.3 Å². The van der Waals surface area contributed by atoms with Gasteiger partial charge in [-0.25, -0.2) is 0 Å². The van der Waals surface area contributed by atoms with Gasteiger partial charge in [0.2, 0.25) is 0 Å². The average Bonchev–Trinajstić information content (AvgIpc) is 3.27. The molecule has 0 saturated carbocycles. The van der Waals surface area contributed by atoms with E-state index in [1.54, 1.807) is 0 Å². The third kappa shape index (κ3) is 5.26. The van der Waals surface area contributed by atoms with E-state index in [0.29, 0.717) is 32.4 Å². The second-order valence-corrected chi connectivity index (χ2v) is 8.32. The zero-order valence-electron chi connectivity index (χ0n) is 18.5. The number of aryl methyl sites for hydroxylation is 1. The van der Waals surface area contributed by atoms with E-state index in [1.807, 2.05) is 6.07 Å². The number of hydrogen-bond donors (Lipinski definition) is 0. The molecule has 8 nitrogen and oxygen atoms in total. The lowest BCUT2D eigenvalue weighted by molar-refractivity contribution is 0.0317. The molecule has 0 unspecified atom stereocenters. The fourth-order valence-corrected chi connectivity index (χ4v) is 4.40. The number of fused-ring (bicyclic) bond motifs is 1. The van der Waals surface area contributed by atoms with Crippen LogP contribution in [0, 0.1) is 0 Å². The summed E-state index contributed by atoms with van der Waals surface area (Å²) in [5.74, 6) is 0.895. The van der Waals surface area contributed by atoms with Gasteiger partial charge >= 0.3 is 6.01 Å². The predicted octanol–water partition coefficient (Wildman–Crippen LogP) is 1.96. The van der Waals surface area contributed by atoms with Crippen molar-refractivity contribution in [1.29, 1.82) is 0 Å². The maximum Gasteiger partial charge on any atom is 0.318 e. The summed E-state index contributed by atoms with van der Waals surface area (Å²) in [4.78, 5) is 18.9. The van der Waals surface area contributed by atoms with Crippen LogP contribution in [-0.4, -0.2) is 86.3 Å². The van der Waals surface area contributed by atoms with Gasteiger partial charge in [0, 0.05) is 44.5 Å². The molecule has 2 fully saturated rings. The molecule has 3 aliphatic rings. The highest BCUT2D eigenvalue weighted by Crippen LogP contribution is 2.23. The molecule has 170 valence electrons. The van der Waals surface area contributed by atoms with Crippen LogP contribution in [0.5, 0.6) is 6.01 Å². The van der Waals surface area contributed by atoms with E-state index in [9.17, 15) is 0 Å². The summed E-state index contributed by atoms with van der Waals surface area (Å²) < 4.78 is 16.9. The van der Waals surface area contributed by atoms with Crippen molar-refractivity contribution in [2.24, 2.45) is 4.99 Å². The molecule has 3 heterocycles. The molecule has 0 amide bonds. The molecule has 0 spiro atoms. The zero-order chi connectivity index (χ0) is 21.6. The molecule has 2 saturated heterocycles. The van der Waals surface area contributed by atoms with Crippen molar-refractivity contribution < 1.29 is 14.2 Å². The lowest BCUT2D eigenvalue weighted by atomic mass is 10.1. The SMILES string of the molecule is c1ccc2c(c1)CCC2=NCc1cc(N2CCOCC2)nc(OCCN2CCOCC2)n1. The molecular weight excluding hydrogens is 406 g/mol. The fourth-order valence-electron chi connectivity index (χ4n) is 4.40. The number of aromatic nitrogens is 2. The second-order valence-electron chi connectivity index (χ2n) is 8.32. The second kappa shape index (κ2) is 10.4. The first kappa shape index (κ1) is 21.3. The monoisotopic (exact) mass is 437 g/mol. The van der Waals surface area contributed by atoms with Crippen LogP contribution >= 0.6 is 0 Å². The molecule has 0 bridgehead atoms. The smallest absolute Gasteiger partial charge is 0.318 e. The van der Waals surface area contributed by atoms with E-state index in [2.05, 4.69) is 39.0 Å². The van der Waals surface area contributed by atoms with Gasteiger partial charge in [-0.3, -0.25) is 9.89 Å². The van der Waals surface area contributed by atoms with Crippen LogP contribution in [0.25, 0.3) is 0 Å². The summed E-state index contributed by atoms with van der Waals surface area (Å²) in [5, 5.41) is 0. The minimum Gasteiger partial charge on any atom is -0.462 e. The Labute approximate surface area is 189 Å². The van der Waals surface area contributed by atoms with E-state index in [-0.39, 0.29) is 0 Å². The lowest BCUT2D eigenvalue weighted by Gasteiger charge is -2.28. The van der Waals surface area contributed by atoms with Gasteiger partial charge in [-0.05, 0) is 24.0 Å². The number of benzene rings is 1.